The van der Waals surface area contributed by atoms with Crippen LogP contribution in [0.5, 0.6) is 5.75 Å². The fourth-order valence-corrected chi connectivity index (χ4v) is 1.58. The third kappa shape index (κ3) is 3.76. The Bertz CT molecular complexity index is 456. The lowest BCUT2D eigenvalue weighted by Crippen LogP contribution is -2.33. The van der Waals surface area contributed by atoms with Gasteiger partial charge in [0.15, 0.2) is 0 Å². The molecular formula is C13H17NO4. The van der Waals surface area contributed by atoms with Crippen LogP contribution in [0.25, 0.3) is 0 Å². The standard InChI is InChI=1S/C13H17NO4/c1-8(6-7-12(16)17)14-13(18)10-4-3-5-11(15)9(10)2/h3-5,8,15H,6-7H2,1-2H3,(H,14,18)(H,16,17). The van der Waals surface area contributed by atoms with Crippen LogP contribution in [0, 0.1) is 6.92 Å². The highest BCUT2D eigenvalue weighted by Gasteiger charge is 2.14. The first-order valence-corrected chi connectivity index (χ1v) is 5.73. The van der Waals surface area contributed by atoms with Crippen LogP contribution in [-0.4, -0.2) is 28.1 Å². The molecule has 3 N–H and O–H groups in total. The highest BCUT2D eigenvalue weighted by atomic mass is 16.4. The summed E-state index contributed by atoms with van der Waals surface area (Å²) >= 11 is 0. The van der Waals surface area contributed by atoms with Crippen molar-refractivity contribution in [2.24, 2.45) is 0 Å². The highest BCUT2D eigenvalue weighted by Crippen LogP contribution is 2.19. The number of carbonyl (C=O) groups is 2. The molecule has 1 atom stereocenters. The number of aromatic hydroxyl groups is 1. The van der Waals surface area contributed by atoms with Gasteiger partial charge in [-0.2, -0.15) is 0 Å². The topological polar surface area (TPSA) is 86.6 Å². The Morgan fingerprint density at radius 2 is 2.06 bits per heavy atom. The van der Waals surface area contributed by atoms with Gasteiger partial charge in [0.25, 0.3) is 5.91 Å². The molecule has 5 heteroatoms. The number of amides is 1. The summed E-state index contributed by atoms with van der Waals surface area (Å²) in [5, 5.41) is 20.8. The van der Waals surface area contributed by atoms with Crippen LogP contribution in [0.3, 0.4) is 0 Å². The van der Waals surface area contributed by atoms with Gasteiger partial charge >= 0.3 is 5.97 Å². The summed E-state index contributed by atoms with van der Waals surface area (Å²) in [4.78, 5) is 22.3. The largest absolute Gasteiger partial charge is 0.508 e. The first kappa shape index (κ1) is 14.0. The average Bonchev–Trinajstić information content (AvgIpc) is 2.30. The number of carboxylic acids is 1. The number of phenols is 1. The molecule has 0 aromatic heterocycles. The first-order chi connectivity index (χ1) is 8.41. The van der Waals surface area contributed by atoms with E-state index < -0.39 is 5.97 Å². The number of hydrogen-bond donors (Lipinski definition) is 3. The molecule has 1 amide bonds. The highest BCUT2D eigenvalue weighted by molar-refractivity contribution is 5.96. The van der Waals surface area contributed by atoms with Crippen LogP contribution in [-0.2, 0) is 4.79 Å². The summed E-state index contributed by atoms with van der Waals surface area (Å²) in [5.74, 6) is -1.12. The molecule has 0 spiro atoms. The van der Waals surface area contributed by atoms with Gasteiger partial charge in [-0.05, 0) is 32.4 Å². The quantitative estimate of drug-likeness (QED) is 0.743. The molecule has 1 rings (SSSR count). The van der Waals surface area contributed by atoms with Crippen molar-refractivity contribution in [1.82, 2.24) is 5.32 Å². The second kappa shape index (κ2) is 6.05. The van der Waals surface area contributed by atoms with Crippen molar-refractivity contribution in [2.75, 3.05) is 0 Å². The SMILES string of the molecule is Cc1c(O)cccc1C(=O)NC(C)CCC(=O)O. The monoisotopic (exact) mass is 251 g/mol. The van der Waals surface area contributed by atoms with Crippen LogP contribution in [0.4, 0.5) is 0 Å². The van der Waals surface area contributed by atoms with Gasteiger partial charge in [0.1, 0.15) is 5.75 Å². The number of nitrogens with one attached hydrogen (secondary N) is 1. The van der Waals surface area contributed by atoms with Crippen molar-refractivity contribution in [3.8, 4) is 5.75 Å². The Hall–Kier alpha value is -2.04. The van der Waals surface area contributed by atoms with E-state index in [1.165, 1.54) is 6.07 Å². The van der Waals surface area contributed by atoms with E-state index in [1.54, 1.807) is 26.0 Å². The van der Waals surface area contributed by atoms with Crippen molar-refractivity contribution >= 4 is 11.9 Å². The van der Waals surface area contributed by atoms with Crippen LogP contribution >= 0.6 is 0 Å². The zero-order valence-electron chi connectivity index (χ0n) is 10.4. The normalized spacial score (nSPS) is 11.9. The predicted molar refractivity (Wildman–Crippen MR) is 66.6 cm³/mol. The lowest BCUT2D eigenvalue weighted by Gasteiger charge is -2.14. The molecule has 0 radical (unpaired) electrons. The van der Waals surface area contributed by atoms with Crippen LogP contribution in [0.2, 0.25) is 0 Å². The number of carbonyl (C=O) groups excluding carboxylic acids is 1. The van der Waals surface area contributed by atoms with Gasteiger partial charge in [-0.1, -0.05) is 6.07 Å². The first-order valence-electron chi connectivity index (χ1n) is 5.73. The lowest BCUT2D eigenvalue weighted by atomic mass is 10.1. The Kier molecular flexibility index (Phi) is 4.71. The number of carboxylic acid groups (broad SMARTS) is 1. The number of phenolic OH excluding ortho intramolecular Hbond substituents is 1. The second-order valence-electron chi connectivity index (χ2n) is 4.26. The lowest BCUT2D eigenvalue weighted by molar-refractivity contribution is -0.137. The van der Waals surface area contributed by atoms with Gasteiger partial charge in [0.2, 0.25) is 0 Å². The van der Waals surface area contributed by atoms with Gasteiger partial charge in [-0.25, -0.2) is 0 Å². The molecular weight excluding hydrogens is 234 g/mol. The molecule has 0 aliphatic heterocycles. The third-order valence-electron chi connectivity index (χ3n) is 2.72. The maximum Gasteiger partial charge on any atom is 0.303 e. The van der Waals surface area contributed by atoms with Crippen molar-refractivity contribution in [2.45, 2.75) is 32.7 Å². The van der Waals surface area contributed by atoms with Crippen molar-refractivity contribution in [1.29, 1.82) is 0 Å². The minimum atomic E-state index is -0.885. The summed E-state index contributed by atoms with van der Waals surface area (Å²) < 4.78 is 0. The molecule has 0 saturated heterocycles. The maximum atomic E-state index is 11.9. The average molecular weight is 251 g/mol. The molecule has 18 heavy (non-hydrogen) atoms. The molecule has 1 aromatic carbocycles. The summed E-state index contributed by atoms with van der Waals surface area (Å²) in [6.07, 6.45) is 0.388. The van der Waals surface area contributed by atoms with Crippen molar-refractivity contribution in [3.63, 3.8) is 0 Å². The van der Waals surface area contributed by atoms with E-state index >= 15 is 0 Å². The minimum Gasteiger partial charge on any atom is -0.508 e. The van der Waals surface area contributed by atoms with Crippen LogP contribution in [0.1, 0.15) is 35.7 Å². The number of rotatable bonds is 5. The molecule has 98 valence electrons. The fraction of sp³-hybridized carbons (Fsp3) is 0.385. The molecule has 1 aromatic rings. The van der Waals surface area contributed by atoms with Crippen molar-refractivity contribution in [3.05, 3.63) is 29.3 Å². The Morgan fingerprint density at radius 3 is 2.67 bits per heavy atom. The van der Waals surface area contributed by atoms with E-state index in [0.717, 1.165) is 0 Å². The van der Waals surface area contributed by atoms with Gasteiger partial charge in [-0.15, -0.1) is 0 Å². The Labute approximate surface area is 105 Å². The molecule has 0 aliphatic rings. The zero-order chi connectivity index (χ0) is 13.7. The second-order valence-corrected chi connectivity index (χ2v) is 4.26. The smallest absolute Gasteiger partial charge is 0.303 e. The van der Waals surface area contributed by atoms with E-state index in [9.17, 15) is 14.7 Å². The molecule has 0 fully saturated rings. The van der Waals surface area contributed by atoms with E-state index in [-0.39, 0.29) is 24.1 Å². The molecule has 1 unspecified atom stereocenters. The zero-order valence-corrected chi connectivity index (χ0v) is 10.4. The molecule has 0 aliphatic carbocycles. The van der Waals surface area contributed by atoms with E-state index in [2.05, 4.69) is 5.32 Å². The van der Waals surface area contributed by atoms with Gasteiger partial charge < -0.3 is 15.5 Å². The summed E-state index contributed by atoms with van der Waals surface area (Å²) in [6.45, 7) is 3.41. The number of hydrogen-bond acceptors (Lipinski definition) is 3. The third-order valence-corrected chi connectivity index (χ3v) is 2.72. The maximum absolute atomic E-state index is 11.9. The van der Waals surface area contributed by atoms with Gasteiger partial charge in [-0.3, -0.25) is 9.59 Å². The van der Waals surface area contributed by atoms with Crippen molar-refractivity contribution < 1.29 is 19.8 Å². The van der Waals surface area contributed by atoms with E-state index in [1.807, 2.05) is 0 Å². The van der Waals surface area contributed by atoms with Gasteiger partial charge in [0.05, 0.1) is 0 Å². The Morgan fingerprint density at radius 1 is 1.39 bits per heavy atom. The molecule has 5 nitrogen and oxygen atoms in total. The van der Waals surface area contributed by atoms with E-state index in [4.69, 9.17) is 5.11 Å². The summed E-state index contributed by atoms with van der Waals surface area (Å²) in [7, 11) is 0. The Balaban J connectivity index is 2.65. The predicted octanol–water partition coefficient (Wildman–Crippen LogP) is 1.68. The fourth-order valence-electron chi connectivity index (χ4n) is 1.58. The van der Waals surface area contributed by atoms with E-state index in [0.29, 0.717) is 17.5 Å². The minimum absolute atomic E-state index is 0.0144. The molecule has 0 heterocycles. The summed E-state index contributed by atoms with van der Waals surface area (Å²) in [6, 6.07) is 4.50. The summed E-state index contributed by atoms with van der Waals surface area (Å²) in [5.41, 5.74) is 0.914. The van der Waals surface area contributed by atoms with Crippen LogP contribution < -0.4 is 5.32 Å². The number of aliphatic carboxylic acids is 1. The number of benzene rings is 1. The van der Waals surface area contributed by atoms with Gasteiger partial charge in [0, 0.05) is 23.6 Å². The van der Waals surface area contributed by atoms with Crippen LogP contribution in [0.15, 0.2) is 18.2 Å². The molecule has 0 saturated carbocycles. The molecule has 0 bridgehead atoms.